The number of hydrogen-bond donors (Lipinski definition) is 1. The van der Waals surface area contributed by atoms with Gasteiger partial charge in [0.2, 0.25) is 0 Å². The summed E-state index contributed by atoms with van der Waals surface area (Å²) in [5, 5.41) is 9.51. The molecule has 86 valence electrons. The van der Waals surface area contributed by atoms with Crippen molar-refractivity contribution in [1.82, 2.24) is 14.6 Å². The van der Waals surface area contributed by atoms with Crippen LogP contribution in [-0.4, -0.2) is 14.6 Å². The van der Waals surface area contributed by atoms with Gasteiger partial charge in [0.25, 0.3) is 0 Å². The lowest BCUT2D eigenvalue weighted by Gasteiger charge is -2.07. The number of nitrogens with two attached hydrogens (primary N) is 1. The second-order valence-electron chi connectivity index (χ2n) is 4.36. The molecule has 2 N–H and O–H groups in total. The van der Waals surface area contributed by atoms with E-state index in [4.69, 9.17) is 5.73 Å². The summed E-state index contributed by atoms with van der Waals surface area (Å²) in [7, 11) is 0. The highest BCUT2D eigenvalue weighted by Gasteiger charge is 2.09. The normalized spacial score (nSPS) is 11.5. The van der Waals surface area contributed by atoms with Crippen molar-refractivity contribution in [2.45, 2.75) is 20.4 Å². The first-order valence-corrected chi connectivity index (χ1v) is 5.65. The predicted molar refractivity (Wildman–Crippen MR) is 67.9 cm³/mol. The number of rotatable bonds is 1. The summed E-state index contributed by atoms with van der Waals surface area (Å²) in [5.41, 5.74) is 10.1. The number of aromatic nitrogens is 3. The second kappa shape index (κ2) is 3.53. The van der Waals surface area contributed by atoms with Gasteiger partial charge in [-0.2, -0.15) is 0 Å². The van der Waals surface area contributed by atoms with Gasteiger partial charge in [-0.25, -0.2) is 0 Å². The van der Waals surface area contributed by atoms with Gasteiger partial charge >= 0.3 is 0 Å². The van der Waals surface area contributed by atoms with E-state index in [-0.39, 0.29) is 0 Å². The molecular formula is C13H14N4. The molecule has 1 aromatic carbocycles. The molecule has 17 heavy (non-hydrogen) atoms. The third-order valence-electron chi connectivity index (χ3n) is 3.10. The van der Waals surface area contributed by atoms with E-state index in [2.05, 4.69) is 42.2 Å². The fourth-order valence-corrected chi connectivity index (χ4v) is 2.25. The molecule has 0 unspecified atom stereocenters. The highest BCUT2D eigenvalue weighted by atomic mass is 15.3. The van der Waals surface area contributed by atoms with E-state index in [0.717, 1.165) is 17.0 Å². The van der Waals surface area contributed by atoms with Crippen LogP contribution >= 0.6 is 0 Å². The van der Waals surface area contributed by atoms with Crippen molar-refractivity contribution in [1.29, 1.82) is 0 Å². The summed E-state index contributed by atoms with van der Waals surface area (Å²) >= 11 is 0. The molecule has 3 rings (SSSR count). The van der Waals surface area contributed by atoms with Gasteiger partial charge in [-0.05, 0) is 37.1 Å². The Bertz CT molecular complexity index is 712. The number of pyridine rings is 1. The van der Waals surface area contributed by atoms with Gasteiger partial charge in [0.15, 0.2) is 11.5 Å². The van der Waals surface area contributed by atoms with Crippen molar-refractivity contribution in [2.75, 3.05) is 0 Å². The van der Waals surface area contributed by atoms with E-state index in [1.807, 2.05) is 10.5 Å². The quantitative estimate of drug-likeness (QED) is 0.690. The largest absolute Gasteiger partial charge is 0.324 e. The van der Waals surface area contributed by atoms with Crippen LogP contribution in [0, 0.1) is 13.8 Å². The second-order valence-corrected chi connectivity index (χ2v) is 4.36. The first-order chi connectivity index (χ1) is 8.20. The van der Waals surface area contributed by atoms with E-state index in [0.29, 0.717) is 6.54 Å². The van der Waals surface area contributed by atoms with Gasteiger partial charge in [-0.15, -0.1) is 10.2 Å². The number of hydrogen-bond acceptors (Lipinski definition) is 3. The van der Waals surface area contributed by atoms with Gasteiger partial charge in [-0.3, -0.25) is 4.40 Å². The minimum absolute atomic E-state index is 0.396. The molecule has 0 bridgehead atoms. The van der Waals surface area contributed by atoms with Gasteiger partial charge in [-0.1, -0.05) is 12.1 Å². The summed E-state index contributed by atoms with van der Waals surface area (Å²) in [5.74, 6) is 0.801. The molecule has 0 aliphatic heterocycles. The number of nitrogens with zero attached hydrogens (tertiary/aromatic N) is 3. The smallest absolute Gasteiger partial charge is 0.161 e. The molecule has 0 amide bonds. The number of aryl methyl sites for hydroxylation is 2. The van der Waals surface area contributed by atoms with E-state index in [9.17, 15) is 0 Å². The zero-order valence-corrected chi connectivity index (χ0v) is 9.94. The lowest BCUT2D eigenvalue weighted by molar-refractivity contribution is 0.894. The Labute approximate surface area is 99.1 Å². The van der Waals surface area contributed by atoms with Crippen molar-refractivity contribution >= 4 is 16.6 Å². The summed E-state index contributed by atoms with van der Waals surface area (Å²) in [6.45, 7) is 4.57. The molecule has 0 spiro atoms. The molecule has 0 aliphatic rings. The van der Waals surface area contributed by atoms with Crippen LogP contribution in [0.5, 0.6) is 0 Å². The molecule has 0 fully saturated rings. The van der Waals surface area contributed by atoms with Crippen LogP contribution in [0.4, 0.5) is 0 Å². The maximum Gasteiger partial charge on any atom is 0.161 e. The number of fused-ring (bicyclic) bond motifs is 3. The van der Waals surface area contributed by atoms with Crippen molar-refractivity contribution < 1.29 is 0 Å². The minimum Gasteiger partial charge on any atom is -0.324 e. The van der Waals surface area contributed by atoms with Crippen LogP contribution in [0.3, 0.4) is 0 Å². The summed E-state index contributed by atoms with van der Waals surface area (Å²) < 4.78 is 2.04. The zero-order valence-electron chi connectivity index (χ0n) is 9.94. The third-order valence-corrected chi connectivity index (χ3v) is 3.10. The van der Waals surface area contributed by atoms with Crippen LogP contribution in [-0.2, 0) is 6.54 Å². The van der Waals surface area contributed by atoms with Crippen LogP contribution in [0.15, 0.2) is 24.3 Å². The van der Waals surface area contributed by atoms with Gasteiger partial charge in [0.05, 0.1) is 12.1 Å². The molecule has 0 aliphatic carbocycles. The zero-order chi connectivity index (χ0) is 12.0. The molecule has 2 heterocycles. The van der Waals surface area contributed by atoms with Gasteiger partial charge in [0.1, 0.15) is 0 Å². The lowest BCUT2D eigenvalue weighted by Crippen LogP contribution is -2.03. The highest BCUT2D eigenvalue weighted by Crippen LogP contribution is 2.22. The number of benzene rings is 1. The predicted octanol–water partition coefficient (Wildman–Crippen LogP) is 1.96. The third kappa shape index (κ3) is 1.41. The first-order valence-electron chi connectivity index (χ1n) is 5.65. The molecule has 0 saturated carbocycles. The highest BCUT2D eigenvalue weighted by molar-refractivity contribution is 5.86. The maximum atomic E-state index is 5.70. The summed E-state index contributed by atoms with van der Waals surface area (Å²) in [4.78, 5) is 0. The Morgan fingerprint density at radius 3 is 2.76 bits per heavy atom. The Balaban J connectivity index is 2.58. The SMILES string of the molecule is Cc1ccc2c(C)cc3nnc(CN)n3c2c1. The monoisotopic (exact) mass is 226 g/mol. The summed E-state index contributed by atoms with van der Waals surface area (Å²) in [6, 6.07) is 8.45. The topological polar surface area (TPSA) is 56.2 Å². The Hall–Kier alpha value is -1.94. The first kappa shape index (κ1) is 10.2. The molecule has 3 aromatic rings. The van der Waals surface area contributed by atoms with E-state index in [1.54, 1.807) is 0 Å². The van der Waals surface area contributed by atoms with Crippen LogP contribution in [0.1, 0.15) is 17.0 Å². The Morgan fingerprint density at radius 2 is 2.00 bits per heavy atom. The van der Waals surface area contributed by atoms with Crippen molar-refractivity contribution in [3.05, 3.63) is 41.2 Å². The molecule has 4 heteroatoms. The molecule has 0 saturated heterocycles. The van der Waals surface area contributed by atoms with E-state index in [1.165, 1.54) is 16.5 Å². The summed E-state index contributed by atoms with van der Waals surface area (Å²) in [6.07, 6.45) is 0. The average molecular weight is 226 g/mol. The van der Waals surface area contributed by atoms with Gasteiger partial charge < -0.3 is 5.73 Å². The van der Waals surface area contributed by atoms with Crippen molar-refractivity contribution in [2.24, 2.45) is 5.73 Å². The standard InChI is InChI=1S/C13H14N4/c1-8-3-4-10-9(2)6-12-15-16-13(7-14)17(12)11(10)5-8/h3-6H,7,14H2,1-2H3. The van der Waals surface area contributed by atoms with Crippen LogP contribution in [0.2, 0.25) is 0 Å². The average Bonchev–Trinajstić information content (AvgIpc) is 2.71. The minimum atomic E-state index is 0.396. The van der Waals surface area contributed by atoms with Crippen molar-refractivity contribution in [3.8, 4) is 0 Å². The van der Waals surface area contributed by atoms with Crippen molar-refractivity contribution in [3.63, 3.8) is 0 Å². The maximum absolute atomic E-state index is 5.70. The molecule has 0 radical (unpaired) electrons. The van der Waals surface area contributed by atoms with Crippen LogP contribution < -0.4 is 5.73 Å². The molecular weight excluding hydrogens is 212 g/mol. The Kier molecular flexibility index (Phi) is 2.12. The van der Waals surface area contributed by atoms with E-state index >= 15 is 0 Å². The molecule has 4 nitrogen and oxygen atoms in total. The molecule has 0 atom stereocenters. The molecule has 2 aromatic heterocycles. The fourth-order valence-electron chi connectivity index (χ4n) is 2.25. The Morgan fingerprint density at radius 1 is 1.18 bits per heavy atom. The van der Waals surface area contributed by atoms with E-state index < -0.39 is 0 Å². The van der Waals surface area contributed by atoms with Crippen LogP contribution in [0.25, 0.3) is 16.6 Å². The fraction of sp³-hybridized carbons (Fsp3) is 0.231. The lowest BCUT2D eigenvalue weighted by atomic mass is 10.1. The van der Waals surface area contributed by atoms with Gasteiger partial charge in [0, 0.05) is 5.39 Å².